The summed E-state index contributed by atoms with van der Waals surface area (Å²) in [5.74, 6) is 0.854. The molecule has 13 heterocycles. The van der Waals surface area contributed by atoms with Gasteiger partial charge in [0.2, 0.25) is 0 Å². The van der Waals surface area contributed by atoms with Crippen LogP contribution in [0.25, 0.3) is 40.3 Å². The van der Waals surface area contributed by atoms with Gasteiger partial charge in [-0.3, -0.25) is 15.0 Å². The molecule has 0 saturated heterocycles. The molecule has 0 aromatic carbocycles. The number of aromatic nitrogens is 10. The van der Waals surface area contributed by atoms with Gasteiger partial charge in [-0.15, -0.1) is 22.1 Å². The molecule has 88 heavy (non-hydrogen) atoms. The standard InChI is InChI=1S/C24H31BrN4.C24H22N4.C12H15BrN2O.C12H16N2.Zn/c1-14-13-24(4,5)22(26-14)12-17-6-7-18(27-17)15(2)19-8-9-20(28-19)16(3)21-10-11-23(25)29-21;1-14-19-7-5-16(25-19)11-18-13-24(3,4)23(27-18)12-17-6-8-20(26-17)15(2)22-10-9-21(14)28-22;1-7(10-5-6-12(13)15-10)9-3-4-11(14-9)8(2)16;1-9-8-12(2,3)11(14-9)7-10-5-4-6-13-10;/h6-11,15-16,22,27-29H,12-13H2,1-5H3;5-12H,13H2,1-4H3;3-8,14-16H,1-2H3;4-7,13H,8H2,1-3H3;/q;-2;;;+2/b;;;11-7-;. The van der Waals surface area contributed by atoms with E-state index in [1.807, 2.05) is 30.5 Å². The number of aliphatic hydroxyl groups excluding tert-OH is 1. The molecule has 5 atom stereocenters. The Morgan fingerprint density at radius 2 is 1.09 bits per heavy atom. The number of H-pyrrole nitrogens is 6. The van der Waals surface area contributed by atoms with Crippen LogP contribution in [0, 0.1) is 24.7 Å². The zero-order valence-corrected chi connectivity index (χ0v) is 59.6. The topological polar surface area (TPSA) is 194 Å². The van der Waals surface area contributed by atoms with E-state index in [0.29, 0.717) is 17.9 Å². The zero-order chi connectivity index (χ0) is 62.1. The maximum absolute atomic E-state index is 9.45. The average Bonchev–Trinajstić information content (AvgIpc) is 3.22. The van der Waals surface area contributed by atoms with Crippen molar-refractivity contribution < 1.29 is 24.6 Å². The predicted octanol–water partition coefficient (Wildman–Crippen LogP) is 18.0. The molecule has 0 fully saturated rings. The normalized spacial score (nSPS) is 18.0. The number of fused-ring (bicyclic) bond motifs is 8. The molecule has 13 nitrogen and oxygen atoms in total. The molecule has 0 spiro atoms. The van der Waals surface area contributed by atoms with Crippen molar-refractivity contribution in [3.63, 3.8) is 0 Å². The Labute approximate surface area is 548 Å². The van der Waals surface area contributed by atoms with Gasteiger partial charge in [0.05, 0.1) is 32.7 Å². The van der Waals surface area contributed by atoms with E-state index >= 15 is 0 Å². The summed E-state index contributed by atoms with van der Waals surface area (Å²) in [6.07, 6.45) is 11.8. The third-order valence-corrected chi connectivity index (χ3v) is 18.5. The minimum atomic E-state index is -0.448. The quantitative estimate of drug-likeness (QED) is 0.0669. The molecule has 0 radical (unpaired) electrons. The van der Waals surface area contributed by atoms with Gasteiger partial charge in [0.15, 0.2) is 0 Å². The molecule has 4 aliphatic rings. The van der Waals surface area contributed by atoms with Crippen LogP contribution in [0.4, 0.5) is 0 Å². The number of hydrogen-bond donors (Lipinski definition) is 7. The van der Waals surface area contributed by atoms with Crippen LogP contribution in [-0.4, -0.2) is 62.4 Å². The molecule has 9 aromatic rings. The molecule has 7 N–H and O–H groups in total. The van der Waals surface area contributed by atoms with Crippen molar-refractivity contribution in [2.45, 2.75) is 158 Å². The van der Waals surface area contributed by atoms with E-state index < -0.39 is 6.10 Å². The van der Waals surface area contributed by atoms with Crippen LogP contribution in [0.1, 0.15) is 205 Å². The summed E-state index contributed by atoms with van der Waals surface area (Å²) >= 11 is 6.89. The van der Waals surface area contributed by atoms with E-state index in [1.54, 1.807) is 6.92 Å². The van der Waals surface area contributed by atoms with E-state index in [2.05, 4.69) is 260 Å². The minimum Gasteiger partial charge on any atom is -0.658 e. The second-order valence-electron chi connectivity index (χ2n) is 26.2. The fourth-order valence-electron chi connectivity index (χ4n) is 12.1. The van der Waals surface area contributed by atoms with Gasteiger partial charge in [-0.2, -0.15) is 0 Å². The van der Waals surface area contributed by atoms with Crippen LogP contribution < -0.4 is 9.97 Å². The van der Waals surface area contributed by atoms with Crippen LogP contribution in [0.3, 0.4) is 0 Å². The van der Waals surface area contributed by atoms with Gasteiger partial charge in [-0.25, -0.2) is 4.98 Å². The van der Waals surface area contributed by atoms with Crippen LogP contribution >= 0.6 is 31.9 Å². The summed E-state index contributed by atoms with van der Waals surface area (Å²) in [7, 11) is 0. The third kappa shape index (κ3) is 15.4. The fourth-order valence-corrected chi connectivity index (χ4v) is 12.8. The van der Waals surface area contributed by atoms with Crippen molar-refractivity contribution in [2.24, 2.45) is 20.8 Å². The number of nitrogens with zero attached hydrogens (tertiary/aromatic N) is 6. The molecule has 5 unspecified atom stereocenters. The van der Waals surface area contributed by atoms with Crippen LogP contribution in [0.15, 0.2) is 140 Å². The number of aliphatic hydroxyl groups is 1. The molecule has 0 saturated carbocycles. The largest absolute Gasteiger partial charge is 2.00 e. The summed E-state index contributed by atoms with van der Waals surface area (Å²) in [5.41, 5.74) is 24.5. The number of hydrogen-bond acceptors (Lipinski definition) is 5. The van der Waals surface area contributed by atoms with E-state index in [0.717, 1.165) is 114 Å². The van der Waals surface area contributed by atoms with Gasteiger partial charge in [0.1, 0.15) is 0 Å². The van der Waals surface area contributed by atoms with E-state index in [9.17, 15) is 5.11 Å². The third-order valence-electron chi connectivity index (χ3n) is 17.5. The van der Waals surface area contributed by atoms with Gasteiger partial charge in [-0.05, 0) is 187 Å². The maximum atomic E-state index is 9.45. The summed E-state index contributed by atoms with van der Waals surface area (Å²) < 4.78 is 2.00. The SMILES string of the molecule is CC(O)c1ccc(C(C)c2ccc(Br)[nH]2)[nH]1.CC1=N/C(=C\c2ccc[nH]2)C(C)(C)C1.CC1=NC(Cc2ccc(C(C)c3ccc(C(C)c4ccc(Br)[nH]4)[nH]3)[nH]2)C(C)(C)C1.Cc1c2nc(c(C)c3ccc(cc4nc(cc5ccc1[n-]5)CC4(C)C)[n-]3)C=C2.[Zn+2]. The first-order valence-corrected chi connectivity index (χ1v) is 32.0. The smallest absolute Gasteiger partial charge is 0.658 e. The summed E-state index contributed by atoms with van der Waals surface area (Å²) in [6.45, 7) is 30.3. The Balaban J connectivity index is 0.000000145. The van der Waals surface area contributed by atoms with Gasteiger partial charge in [0.25, 0.3) is 0 Å². The second-order valence-corrected chi connectivity index (χ2v) is 27.9. The second kappa shape index (κ2) is 27.1. The van der Waals surface area contributed by atoms with Crippen molar-refractivity contribution in [1.82, 2.24) is 49.8 Å². The van der Waals surface area contributed by atoms with E-state index in [-0.39, 0.29) is 41.6 Å². The van der Waals surface area contributed by atoms with Crippen molar-refractivity contribution in [3.05, 3.63) is 215 Å². The van der Waals surface area contributed by atoms with Crippen LogP contribution in [-0.2, 0) is 37.7 Å². The van der Waals surface area contributed by atoms with E-state index in [4.69, 9.17) is 24.9 Å². The summed E-state index contributed by atoms with van der Waals surface area (Å²) in [6, 6.07) is 37.9. The monoisotopic (exact) mass is 1350 g/mol. The van der Waals surface area contributed by atoms with Gasteiger partial charge in [-0.1, -0.05) is 98.7 Å². The molecule has 4 aliphatic heterocycles. The number of nitrogens with one attached hydrogen (secondary N) is 6. The molecular weight excluding hydrogens is 1270 g/mol. The number of aromatic amines is 6. The molecule has 8 bridgehead atoms. The van der Waals surface area contributed by atoms with Gasteiger partial charge < -0.3 is 45.0 Å². The number of allylic oxidation sites excluding steroid dienone is 1. The Morgan fingerprint density at radius 1 is 0.580 bits per heavy atom. The molecule has 16 heteroatoms. The molecule has 9 aromatic heterocycles. The van der Waals surface area contributed by atoms with E-state index in [1.165, 1.54) is 45.6 Å². The zero-order valence-electron chi connectivity index (χ0n) is 53.5. The minimum absolute atomic E-state index is 0. The Bertz CT molecular complexity index is 4180. The average molecular weight is 1360 g/mol. The van der Waals surface area contributed by atoms with Crippen LogP contribution in [0.5, 0.6) is 0 Å². The summed E-state index contributed by atoms with van der Waals surface area (Å²) in [4.78, 5) is 49.1. The first-order valence-electron chi connectivity index (χ1n) is 30.4. The number of aliphatic imine (C=N–C) groups is 2. The Hall–Kier alpha value is -6.84. The molecule has 454 valence electrons. The van der Waals surface area contributed by atoms with Gasteiger partial charge >= 0.3 is 19.5 Å². The number of aryl methyl sites for hydroxylation is 2. The first kappa shape index (κ1) is 65.6. The number of halogens is 2. The van der Waals surface area contributed by atoms with Crippen molar-refractivity contribution in [1.29, 1.82) is 0 Å². The molecule has 0 aliphatic carbocycles. The van der Waals surface area contributed by atoms with Gasteiger partial charge in [0, 0.05) is 127 Å². The molecule has 13 rings (SSSR count). The predicted molar refractivity (Wildman–Crippen MR) is 366 cm³/mol. The first-order chi connectivity index (χ1) is 41.3. The number of rotatable bonds is 10. The Kier molecular flexibility index (Phi) is 20.2. The van der Waals surface area contributed by atoms with Crippen molar-refractivity contribution in [2.75, 3.05) is 0 Å². The van der Waals surface area contributed by atoms with Crippen molar-refractivity contribution in [3.8, 4) is 0 Å². The molecule has 0 amide bonds. The molecular formula is C72H84Br2N12OZn. The van der Waals surface area contributed by atoms with Crippen LogP contribution in [0.2, 0.25) is 0 Å². The Morgan fingerprint density at radius 3 is 1.57 bits per heavy atom. The van der Waals surface area contributed by atoms with Crippen molar-refractivity contribution >= 4 is 83.6 Å². The maximum Gasteiger partial charge on any atom is 2.00 e. The summed E-state index contributed by atoms with van der Waals surface area (Å²) in [5, 5.41) is 9.45. The fraction of sp³-hybridized carbons (Fsp3) is 0.361.